The molecule has 1 N–H and O–H groups in total. The van der Waals surface area contributed by atoms with Gasteiger partial charge in [0.2, 0.25) is 11.8 Å². The Kier molecular flexibility index (Phi) is 6.14. The van der Waals surface area contributed by atoms with E-state index in [2.05, 4.69) is 0 Å². The molecule has 1 fully saturated rings. The van der Waals surface area contributed by atoms with Crippen molar-refractivity contribution in [3.05, 3.63) is 35.9 Å². The maximum Gasteiger partial charge on any atom is 0.323 e. The second-order valence-corrected chi connectivity index (χ2v) is 5.76. The second-order valence-electron chi connectivity index (χ2n) is 5.76. The average Bonchev–Trinajstić information content (AvgIpc) is 2.72. The smallest absolute Gasteiger partial charge is 0.323 e. The molecule has 1 heterocycles. The zero-order chi connectivity index (χ0) is 16.7. The van der Waals surface area contributed by atoms with Crippen molar-refractivity contribution in [1.82, 2.24) is 9.80 Å². The molecule has 2 amide bonds. The van der Waals surface area contributed by atoms with Gasteiger partial charge in [-0.3, -0.25) is 14.4 Å². The minimum Gasteiger partial charge on any atom is -0.480 e. The van der Waals surface area contributed by atoms with Crippen molar-refractivity contribution in [2.45, 2.75) is 32.2 Å². The van der Waals surface area contributed by atoms with Crippen LogP contribution >= 0.6 is 0 Å². The normalized spacial score (nSPS) is 15.1. The van der Waals surface area contributed by atoms with Crippen molar-refractivity contribution in [3.63, 3.8) is 0 Å². The third-order valence-corrected chi connectivity index (χ3v) is 3.89. The minimum absolute atomic E-state index is 0.0224. The van der Waals surface area contributed by atoms with Gasteiger partial charge in [-0.15, -0.1) is 0 Å². The summed E-state index contributed by atoms with van der Waals surface area (Å²) in [4.78, 5) is 38.3. The third kappa shape index (κ3) is 5.39. The van der Waals surface area contributed by atoms with Crippen LogP contribution in [-0.2, 0) is 20.9 Å². The van der Waals surface area contributed by atoms with E-state index in [0.29, 0.717) is 13.0 Å². The Bertz CT molecular complexity index is 559. The fraction of sp³-hybridized carbons (Fsp3) is 0.471. The monoisotopic (exact) mass is 318 g/mol. The maximum absolute atomic E-state index is 12.5. The molecule has 6 heteroatoms. The molecule has 1 aliphatic rings. The lowest BCUT2D eigenvalue weighted by Gasteiger charge is -2.26. The van der Waals surface area contributed by atoms with Crippen molar-refractivity contribution in [1.29, 1.82) is 0 Å². The highest BCUT2D eigenvalue weighted by molar-refractivity contribution is 5.87. The SMILES string of the molecule is O=C(O)CN(Cc1ccccc1)C(=O)CN1CCCCCC1=O. The zero-order valence-electron chi connectivity index (χ0n) is 13.1. The third-order valence-electron chi connectivity index (χ3n) is 3.89. The number of hydrogen-bond donors (Lipinski definition) is 1. The summed E-state index contributed by atoms with van der Waals surface area (Å²) in [5.74, 6) is -1.41. The number of amides is 2. The predicted octanol–water partition coefficient (Wildman–Crippen LogP) is 1.50. The quantitative estimate of drug-likeness (QED) is 0.862. The van der Waals surface area contributed by atoms with Gasteiger partial charge >= 0.3 is 5.97 Å². The highest BCUT2D eigenvalue weighted by Crippen LogP contribution is 2.12. The standard InChI is InChI=1S/C17H22N2O4/c20-15-9-5-2-6-10-18(15)12-16(21)19(13-17(22)23)11-14-7-3-1-4-8-14/h1,3-4,7-8H,2,5-6,9-13H2,(H,22,23). The number of aliphatic carboxylic acids is 1. The summed E-state index contributed by atoms with van der Waals surface area (Å²) < 4.78 is 0. The summed E-state index contributed by atoms with van der Waals surface area (Å²) in [5, 5.41) is 9.04. The molecule has 0 bridgehead atoms. The van der Waals surface area contributed by atoms with Gasteiger partial charge in [-0.1, -0.05) is 36.8 Å². The molecule has 2 rings (SSSR count). The van der Waals surface area contributed by atoms with Crippen molar-refractivity contribution in [2.75, 3.05) is 19.6 Å². The number of rotatable bonds is 6. The lowest BCUT2D eigenvalue weighted by Crippen LogP contribution is -2.44. The van der Waals surface area contributed by atoms with E-state index in [1.54, 1.807) is 4.90 Å². The van der Waals surface area contributed by atoms with E-state index in [4.69, 9.17) is 5.11 Å². The number of carboxylic acid groups (broad SMARTS) is 1. The first-order valence-electron chi connectivity index (χ1n) is 7.87. The molecule has 0 unspecified atom stereocenters. The number of hydrogen-bond acceptors (Lipinski definition) is 3. The van der Waals surface area contributed by atoms with Gasteiger partial charge in [-0.25, -0.2) is 0 Å². The number of likely N-dealkylation sites (tertiary alicyclic amines) is 1. The lowest BCUT2D eigenvalue weighted by atomic mass is 10.2. The highest BCUT2D eigenvalue weighted by Gasteiger charge is 2.23. The summed E-state index contributed by atoms with van der Waals surface area (Å²) in [6.45, 7) is 0.388. The molecule has 23 heavy (non-hydrogen) atoms. The first kappa shape index (κ1) is 17.0. The molecule has 0 saturated carbocycles. The van der Waals surface area contributed by atoms with Gasteiger partial charge in [-0.2, -0.15) is 0 Å². The van der Waals surface area contributed by atoms with E-state index in [0.717, 1.165) is 24.8 Å². The van der Waals surface area contributed by atoms with Crippen LogP contribution in [0.4, 0.5) is 0 Å². The van der Waals surface area contributed by atoms with Gasteiger partial charge in [0.05, 0.1) is 6.54 Å². The number of carboxylic acids is 1. The molecule has 1 aromatic rings. The largest absolute Gasteiger partial charge is 0.480 e. The molecular weight excluding hydrogens is 296 g/mol. The van der Waals surface area contributed by atoms with Crippen LogP contribution in [0.15, 0.2) is 30.3 Å². The summed E-state index contributed by atoms with van der Waals surface area (Å²) >= 11 is 0. The molecule has 6 nitrogen and oxygen atoms in total. The molecule has 1 aliphatic heterocycles. The van der Waals surface area contributed by atoms with Crippen LogP contribution in [0.5, 0.6) is 0 Å². The number of carbonyl (C=O) groups is 3. The molecule has 1 saturated heterocycles. The van der Waals surface area contributed by atoms with E-state index in [1.807, 2.05) is 30.3 Å². The van der Waals surface area contributed by atoms with Gasteiger partial charge in [0.25, 0.3) is 0 Å². The van der Waals surface area contributed by atoms with E-state index >= 15 is 0 Å². The summed E-state index contributed by atoms with van der Waals surface area (Å²) in [6, 6.07) is 9.25. The molecular formula is C17H22N2O4. The fourth-order valence-electron chi connectivity index (χ4n) is 2.67. The number of carbonyl (C=O) groups excluding carboxylic acids is 2. The zero-order valence-corrected chi connectivity index (χ0v) is 13.1. The van der Waals surface area contributed by atoms with Crippen LogP contribution in [0.2, 0.25) is 0 Å². The molecule has 0 spiro atoms. The molecule has 0 atom stereocenters. The number of benzene rings is 1. The van der Waals surface area contributed by atoms with E-state index in [9.17, 15) is 14.4 Å². The maximum atomic E-state index is 12.5. The van der Waals surface area contributed by atoms with E-state index < -0.39 is 5.97 Å². The van der Waals surface area contributed by atoms with Crippen LogP contribution in [-0.4, -0.2) is 52.3 Å². The van der Waals surface area contributed by atoms with E-state index in [-0.39, 0.29) is 31.4 Å². The van der Waals surface area contributed by atoms with Gasteiger partial charge in [0, 0.05) is 19.5 Å². The van der Waals surface area contributed by atoms with Crippen molar-refractivity contribution < 1.29 is 19.5 Å². The van der Waals surface area contributed by atoms with Gasteiger partial charge in [0.1, 0.15) is 6.54 Å². The molecule has 0 aliphatic carbocycles. The van der Waals surface area contributed by atoms with Crippen molar-refractivity contribution in [3.8, 4) is 0 Å². The van der Waals surface area contributed by atoms with E-state index in [1.165, 1.54) is 4.90 Å². The topological polar surface area (TPSA) is 77.9 Å². The van der Waals surface area contributed by atoms with Crippen molar-refractivity contribution in [2.24, 2.45) is 0 Å². The van der Waals surface area contributed by atoms with Gasteiger partial charge in [0.15, 0.2) is 0 Å². The Morgan fingerprint density at radius 3 is 2.57 bits per heavy atom. The van der Waals surface area contributed by atoms with Crippen molar-refractivity contribution >= 4 is 17.8 Å². The molecule has 124 valence electrons. The second kappa shape index (κ2) is 8.31. The molecule has 0 aromatic heterocycles. The van der Waals surface area contributed by atoms with Gasteiger partial charge < -0.3 is 14.9 Å². The Morgan fingerprint density at radius 2 is 1.87 bits per heavy atom. The van der Waals surface area contributed by atoms with Crippen LogP contribution < -0.4 is 0 Å². The average molecular weight is 318 g/mol. The first-order chi connectivity index (χ1) is 11.1. The van der Waals surface area contributed by atoms with Crippen LogP contribution in [0, 0.1) is 0 Å². The Morgan fingerprint density at radius 1 is 1.13 bits per heavy atom. The molecule has 1 aromatic carbocycles. The Labute approximate surface area is 135 Å². The molecule has 0 radical (unpaired) electrons. The predicted molar refractivity (Wildman–Crippen MR) is 84.5 cm³/mol. The Balaban J connectivity index is 2.03. The minimum atomic E-state index is -1.06. The van der Waals surface area contributed by atoms with Gasteiger partial charge in [-0.05, 0) is 18.4 Å². The number of nitrogens with zero attached hydrogens (tertiary/aromatic N) is 2. The Hall–Kier alpha value is -2.37. The van der Waals surface area contributed by atoms with Crippen LogP contribution in [0.1, 0.15) is 31.2 Å². The summed E-state index contributed by atoms with van der Waals surface area (Å²) in [6.07, 6.45) is 3.19. The van der Waals surface area contributed by atoms with Crippen LogP contribution in [0.25, 0.3) is 0 Å². The van der Waals surface area contributed by atoms with Crippen LogP contribution in [0.3, 0.4) is 0 Å². The first-order valence-corrected chi connectivity index (χ1v) is 7.87. The highest BCUT2D eigenvalue weighted by atomic mass is 16.4. The fourth-order valence-corrected chi connectivity index (χ4v) is 2.67. The lowest BCUT2D eigenvalue weighted by molar-refractivity contribution is -0.146. The summed E-state index contributed by atoms with van der Waals surface area (Å²) in [7, 11) is 0. The summed E-state index contributed by atoms with van der Waals surface area (Å²) in [5.41, 5.74) is 0.865.